The van der Waals surface area contributed by atoms with Gasteiger partial charge in [0.05, 0.1) is 17.5 Å². The third-order valence-electron chi connectivity index (χ3n) is 3.28. The van der Waals surface area contributed by atoms with Crippen LogP contribution in [0.4, 0.5) is 13.2 Å². The van der Waals surface area contributed by atoms with Gasteiger partial charge in [-0.25, -0.2) is 13.6 Å². The minimum atomic E-state index is -4.70. The van der Waals surface area contributed by atoms with Gasteiger partial charge in [0.15, 0.2) is 0 Å². The molecule has 0 N–H and O–H groups in total. The highest BCUT2D eigenvalue weighted by atomic mass is 32.2. The zero-order valence-electron chi connectivity index (χ0n) is 14.2. The molecule has 11 heteroatoms. The van der Waals surface area contributed by atoms with Crippen molar-refractivity contribution in [2.24, 2.45) is 4.36 Å². The average Bonchev–Trinajstić information content (AvgIpc) is 3.09. The van der Waals surface area contributed by atoms with Crippen LogP contribution in [0.25, 0.3) is 17.0 Å². The predicted octanol–water partition coefficient (Wildman–Crippen LogP) is 3.41. The van der Waals surface area contributed by atoms with Gasteiger partial charge in [0.25, 0.3) is 0 Å². The smallest absolute Gasteiger partial charge is 0.329 e. The maximum Gasteiger partial charge on any atom is 0.471 e. The second-order valence-corrected chi connectivity index (χ2v) is 8.56. The van der Waals surface area contributed by atoms with Crippen LogP contribution in [0.5, 0.6) is 0 Å². The Bertz CT molecular complexity index is 1060. The number of imidazole rings is 1. The summed E-state index contributed by atoms with van der Waals surface area (Å²) in [5, 5.41) is 3.36. The molecule has 0 aliphatic heterocycles. The lowest BCUT2D eigenvalue weighted by molar-refractivity contribution is -0.159. The van der Waals surface area contributed by atoms with Gasteiger partial charge in [-0.15, -0.1) is 0 Å². The van der Waals surface area contributed by atoms with Crippen molar-refractivity contribution in [2.75, 3.05) is 6.26 Å². The summed E-state index contributed by atoms with van der Waals surface area (Å²) in [4.78, 5) is 7.72. The van der Waals surface area contributed by atoms with Gasteiger partial charge in [0.2, 0.25) is 5.82 Å². The highest BCUT2D eigenvalue weighted by molar-refractivity contribution is 7.92. The van der Waals surface area contributed by atoms with Crippen LogP contribution in [0, 0.1) is 0 Å². The lowest BCUT2D eigenvalue weighted by atomic mass is 10.3. The number of pyridine rings is 1. The van der Waals surface area contributed by atoms with E-state index in [1.165, 1.54) is 6.20 Å². The Hall–Kier alpha value is -2.43. The Morgan fingerprint density at radius 2 is 2.00 bits per heavy atom. The van der Waals surface area contributed by atoms with Gasteiger partial charge in [0, 0.05) is 33.9 Å². The molecule has 0 amide bonds. The van der Waals surface area contributed by atoms with Crippen molar-refractivity contribution in [1.29, 1.82) is 0 Å². The molecule has 3 heterocycles. The molecule has 3 aromatic heterocycles. The second-order valence-electron chi connectivity index (χ2n) is 6.14. The first-order valence-corrected chi connectivity index (χ1v) is 9.70. The molecule has 0 fully saturated rings. The van der Waals surface area contributed by atoms with Crippen LogP contribution < -0.4 is 0 Å². The number of rotatable bonds is 4. The molecule has 26 heavy (non-hydrogen) atoms. The molecule has 0 saturated carbocycles. The molecule has 0 saturated heterocycles. The van der Waals surface area contributed by atoms with Crippen LogP contribution in [-0.4, -0.2) is 36.0 Å². The van der Waals surface area contributed by atoms with Gasteiger partial charge in [-0.2, -0.15) is 18.2 Å². The monoisotopic (exact) mass is 387 g/mol. The van der Waals surface area contributed by atoms with E-state index < -0.39 is 21.8 Å². The lowest BCUT2D eigenvalue weighted by Gasteiger charge is -2.03. The van der Waals surface area contributed by atoms with Crippen molar-refractivity contribution < 1.29 is 21.9 Å². The van der Waals surface area contributed by atoms with E-state index in [2.05, 4.69) is 24.0 Å². The van der Waals surface area contributed by atoms with E-state index in [-0.39, 0.29) is 17.6 Å². The molecule has 0 aliphatic carbocycles. The van der Waals surface area contributed by atoms with Crippen LogP contribution in [0.3, 0.4) is 0 Å². The van der Waals surface area contributed by atoms with Gasteiger partial charge < -0.3 is 8.92 Å². The molecule has 1 unspecified atom stereocenters. The molecule has 3 aromatic rings. The minimum Gasteiger partial charge on any atom is -0.329 e. The largest absolute Gasteiger partial charge is 0.471 e. The first-order valence-electron chi connectivity index (χ1n) is 7.61. The van der Waals surface area contributed by atoms with Crippen molar-refractivity contribution >= 4 is 15.4 Å². The van der Waals surface area contributed by atoms with E-state index in [4.69, 9.17) is 0 Å². The van der Waals surface area contributed by atoms with Crippen molar-refractivity contribution in [3.8, 4) is 11.4 Å². The topological polar surface area (TPSA) is 85.7 Å². The third-order valence-corrected chi connectivity index (χ3v) is 4.98. The normalized spacial score (nSPS) is 14.7. The Morgan fingerprint density at radius 1 is 1.27 bits per heavy atom. The number of hydrogen-bond donors (Lipinski definition) is 0. The zero-order valence-corrected chi connectivity index (χ0v) is 15.0. The third kappa shape index (κ3) is 4.03. The SMILES string of the molecule is CC(C)N=S(C)(=O)Cc1cn2cc(-c3noc(C(F)(F)F)n3)ccc2n1. The van der Waals surface area contributed by atoms with Gasteiger partial charge in [-0.3, -0.25) is 0 Å². The van der Waals surface area contributed by atoms with E-state index in [0.717, 1.165) is 0 Å². The Labute approximate surface area is 147 Å². The molecule has 0 aliphatic rings. The second kappa shape index (κ2) is 6.38. The molecule has 0 radical (unpaired) electrons. The van der Waals surface area contributed by atoms with E-state index in [1.54, 1.807) is 29.0 Å². The summed E-state index contributed by atoms with van der Waals surface area (Å²) in [6.45, 7) is 3.69. The van der Waals surface area contributed by atoms with Crippen molar-refractivity contribution in [1.82, 2.24) is 19.5 Å². The van der Waals surface area contributed by atoms with Gasteiger partial charge in [-0.1, -0.05) is 5.16 Å². The first-order chi connectivity index (χ1) is 12.0. The summed E-state index contributed by atoms with van der Waals surface area (Å²) in [7, 11) is -2.42. The number of halogens is 3. The molecule has 0 bridgehead atoms. The standard InChI is InChI=1S/C15H16F3N5O2S/c1-9(2)22-26(3,24)8-11-7-23-6-10(4-5-12(23)19-11)13-20-14(25-21-13)15(16,17)18/h4-7,9H,8H2,1-3H3. The number of fused-ring (bicyclic) bond motifs is 1. The minimum absolute atomic E-state index is 0.0581. The molecule has 7 nitrogen and oxygen atoms in total. The summed E-state index contributed by atoms with van der Waals surface area (Å²) >= 11 is 0. The first kappa shape index (κ1) is 18.4. The van der Waals surface area contributed by atoms with Crippen molar-refractivity contribution in [2.45, 2.75) is 31.8 Å². The highest BCUT2D eigenvalue weighted by Gasteiger charge is 2.38. The molecule has 0 spiro atoms. The maximum absolute atomic E-state index is 12.6. The van der Waals surface area contributed by atoms with Crippen LogP contribution in [0.2, 0.25) is 0 Å². The van der Waals surface area contributed by atoms with Crippen LogP contribution >= 0.6 is 0 Å². The molecular weight excluding hydrogens is 371 g/mol. The van der Waals surface area contributed by atoms with E-state index in [0.29, 0.717) is 16.9 Å². The van der Waals surface area contributed by atoms with E-state index in [1.807, 2.05) is 13.8 Å². The van der Waals surface area contributed by atoms with Gasteiger partial charge >= 0.3 is 12.1 Å². The van der Waals surface area contributed by atoms with Gasteiger partial charge in [0.1, 0.15) is 5.65 Å². The summed E-state index contributed by atoms with van der Waals surface area (Å²) in [5.41, 5.74) is 1.47. The van der Waals surface area contributed by atoms with Crippen molar-refractivity contribution in [3.63, 3.8) is 0 Å². The fraction of sp³-hybridized carbons (Fsp3) is 0.400. The Kier molecular flexibility index (Phi) is 4.51. The van der Waals surface area contributed by atoms with Crippen LogP contribution in [-0.2, 0) is 21.7 Å². The fourth-order valence-corrected chi connectivity index (χ4v) is 4.11. The highest BCUT2D eigenvalue weighted by Crippen LogP contribution is 2.29. The molecule has 1 atom stereocenters. The number of nitrogens with zero attached hydrogens (tertiary/aromatic N) is 5. The Balaban J connectivity index is 1.93. The Morgan fingerprint density at radius 3 is 2.62 bits per heavy atom. The van der Waals surface area contributed by atoms with Crippen molar-refractivity contribution in [3.05, 3.63) is 36.1 Å². The maximum atomic E-state index is 12.6. The summed E-state index contributed by atoms with van der Waals surface area (Å²) in [5.74, 6) is -1.40. The fourth-order valence-electron chi connectivity index (χ4n) is 2.46. The van der Waals surface area contributed by atoms with E-state index >= 15 is 0 Å². The molecular formula is C15H16F3N5O2S. The lowest BCUT2D eigenvalue weighted by Crippen LogP contribution is -2.05. The van der Waals surface area contributed by atoms with E-state index in [9.17, 15) is 17.4 Å². The van der Waals surface area contributed by atoms with Crippen LogP contribution in [0.1, 0.15) is 25.4 Å². The molecule has 140 valence electrons. The predicted molar refractivity (Wildman–Crippen MR) is 88.8 cm³/mol. The number of hydrogen-bond acceptors (Lipinski definition) is 6. The summed E-state index contributed by atoms with van der Waals surface area (Å²) in [6.07, 6.45) is 0.0652. The average molecular weight is 387 g/mol. The molecule has 3 rings (SSSR count). The quantitative estimate of drug-likeness (QED) is 0.685. The number of alkyl halides is 3. The zero-order chi connectivity index (χ0) is 19.1. The summed E-state index contributed by atoms with van der Waals surface area (Å²) in [6, 6.07) is 3.09. The number of aromatic nitrogens is 4. The van der Waals surface area contributed by atoms with Gasteiger partial charge in [-0.05, 0) is 26.0 Å². The summed E-state index contributed by atoms with van der Waals surface area (Å²) < 4.78 is 60.3. The molecule has 0 aromatic carbocycles. The van der Waals surface area contributed by atoms with Crippen LogP contribution in [0.15, 0.2) is 33.4 Å².